The number of likely N-dealkylation sites (N-methyl/N-ethyl adjacent to an activating group) is 1. The van der Waals surface area contributed by atoms with Crippen LogP contribution >= 0.6 is 0 Å². The summed E-state index contributed by atoms with van der Waals surface area (Å²) < 4.78 is 36.7. The standard InChI is InChI=1S/C11H15F3N2/c1-15-6-7-16-8-9-2-4-10(5-3-9)11(12,13)14/h2-5,15-16H,6-8H2,1H3. The lowest BCUT2D eigenvalue weighted by atomic mass is 10.1. The van der Waals surface area contributed by atoms with E-state index in [-0.39, 0.29) is 0 Å². The number of alkyl halides is 3. The fourth-order valence-electron chi connectivity index (χ4n) is 1.26. The molecule has 0 saturated carbocycles. The van der Waals surface area contributed by atoms with Crippen LogP contribution in [0.15, 0.2) is 24.3 Å². The lowest BCUT2D eigenvalue weighted by Crippen LogP contribution is -2.24. The Balaban J connectivity index is 2.46. The summed E-state index contributed by atoms with van der Waals surface area (Å²) >= 11 is 0. The highest BCUT2D eigenvalue weighted by molar-refractivity contribution is 5.24. The third kappa shape index (κ3) is 4.20. The van der Waals surface area contributed by atoms with Crippen molar-refractivity contribution in [3.05, 3.63) is 35.4 Å². The molecule has 2 N–H and O–H groups in total. The highest BCUT2D eigenvalue weighted by atomic mass is 19.4. The van der Waals surface area contributed by atoms with Gasteiger partial charge in [0.15, 0.2) is 0 Å². The second kappa shape index (κ2) is 5.86. The van der Waals surface area contributed by atoms with Crippen molar-refractivity contribution in [2.24, 2.45) is 0 Å². The minimum atomic E-state index is -4.25. The Morgan fingerprint density at radius 2 is 1.69 bits per heavy atom. The molecule has 1 aromatic carbocycles. The molecule has 1 rings (SSSR count). The minimum Gasteiger partial charge on any atom is -0.318 e. The van der Waals surface area contributed by atoms with Gasteiger partial charge in [-0.3, -0.25) is 0 Å². The first-order valence-corrected chi connectivity index (χ1v) is 5.05. The highest BCUT2D eigenvalue weighted by Crippen LogP contribution is 2.28. The number of nitrogens with one attached hydrogen (secondary N) is 2. The van der Waals surface area contributed by atoms with Gasteiger partial charge in [0.1, 0.15) is 0 Å². The Morgan fingerprint density at radius 1 is 1.06 bits per heavy atom. The van der Waals surface area contributed by atoms with Crippen LogP contribution in [0.1, 0.15) is 11.1 Å². The van der Waals surface area contributed by atoms with Crippen LogP contribution in [0.4, 0.5) is 13.2 Å². The molecular formula is C11H15F3N2. The molecule has 1 aromatic rings. The molecule has 0 aromatic heterocycles. The van der Waals surface area contributed by atoms with Gasteiger partial charge in [-0.15, -0.1) is 0 Å². The van der Waals surface area contributed by atoms with Gasteiger partial charge in [0.25, 0.3) is 0 Å². The lowest BCUT2D eigenvalue weighted by molar-refractivity contribution is -0.137. The van der Waals surface area contributed by atoms with E-state index in [9.17, 15) is 13.2 Å². The van der Waals surface area contributed by atoms with Gasteiger partial charge in [-0.25, -0.2) is 0 Å². The molecule has 0 heterocycles. The Morgan fingerprint density at radius 3 is 2.19 bits per heavy atom. The van der Waals surface area contributed by atoms with Crippen molar-refractivity contribution in [1.29, 1.82) is 0 Å². The molecule has 0 aliphatic heterocycles. The third-order valence-corrected chi connectivity index (χ3v) is 2.16. The molecule has 0 aliphatic carbocycles. The maximum Gasteiger partial charge on any atom is 0.416 e. The molecule has 0 unspecified atom stereocenters. The van der Waals surface area contributed by atoms with Crippen molar-refractivity contribution in [1.82, 2.24) is 10.6 Å². The molecule has 0 aliphatic rings. The van der Waals surface area contributed by atoms with Crippen molar-refractivity contribution in [3.63, 3.8) is 0 Å². The van der Waals surface area contributed by atoms with Gasteiger partial charge in [0, 0.05) is 19.6 Å². The van der Waals surface area contributed by atoms with E-state index in [1.807, 2.05) is 7.05 Å². The zero-order chi connectivity index (χ0) is 12.0. The molecule has 0 amide bonds. The average molecular weight is 232 g/mol. The Hall–Kier alpha value is -1.07. The van der Waals surface area contributed by atoms with E-state index >= 15 is 0 Å². The smallest absolute Gasteiger partial charge is 0.318 e. The summed E-state index contributed by atoms with van der Waals surface area (Å²) in [6, 6.07) is 5.20. The van der Waals surface area contributed by atoms with Gasteiger partial charge >= 0.3 is 6.18 Å². The second-order valence-corrected chi connectivity index (χ2v) is 3.48. The first-order chi connectivity index (χ1) is 7.54. The van der Waals surface area contributed by atoms with E-state index in [1.165, 1.54) is 12.1 Å². The maximum absolute atomic E-state index is 12.2. The molecule has 5 heteroatoms. The molecule has 90 valence electrons. The molecule has 0 atom stereocenters. The number of rotatable bonds is 5. The summed E-state index contributed by atoms with van der Waals surface area (Å²) in [6.45, 7) is 2.21. The van der Waals surface area contributed by atoms with Gasteiger partial charge < -0.3 is 10.6 Å². The average Bonchev–Trinajstić information content (AvgIpc) is 2.24. The summed E-state index contributed by atoms with van der Waals surface area (Å²) in [6.07, 6.45) is -4.25. The Labute approximate surface area is 92.9 Å². The topological polar surface area (TPSA) is 24.1 Å². The third-order valence-electron chi connectivity index (χ3n) is 2.16. The Bertz CT molecular complexity index is 306. The normalized spacial score (nSPS) is 11.8. The SMILES string of the molecule is CNCCNCc1ccc(C(F)(F)F)cc1. The molecule has 2 nitrogen and oxygen atoms in total. The molecule has 0 fully saturated rings. The molecule has 0 saturated heterocycles. The molecule has 0 bridgehead atoms. The fraction of sp³-hybridized carbons (Fsp3) is 0.455. The van der Waals surface area contributed by atoms with E-state index in [2.05, 4.69) is 10.6 Å². The first kappa shape index (κ1) is 13.0. The van der Waals surface area contributed by atoms with Crippen molar-refractivity contribution in [2.75, 3.05) is 20.1 Å². The molecule has 0 radical (unpaired) electrons. The summed E-state index contributed by atoms with van der Waals surface area (Å²) in [5, 5.41) is 6.09. The largest absolute Gasteiger partial charge is 0.416 e. The van der Waals surface area contributed by atoms with Crippen LogP contribution in [-0.4, -0.2) is 20.1 Å². The lowest BCUT2D eigenvalue weighted by Gasteiger charge is -2.08. The summed E-state index contributed by atoms with van der Waals surface area (Å²) in [7, 11) is 1.85. The van der Waals surface area contributed by atoms with Crippen LogP contribution in [0.3, 0.4) is 0 Å². The van der Waals surface area contributed by atoms with Crippen LogP contribution < -0.4 is 10.6 Å². The van der Waals surface area contributed by atoms with Crippen molar-refractivity contribution >= 4 is 0 Å². The van der Waals surface area contributed by atoms with Gasteiger partial charge in [-0.1, -0.05) is 12.1 Å². The van der Waals surface area contributed by atoms with E-state index in [0.717, 1.165) is 30.8 Å². The van der Waals surface area contributed by atoms with E-state index in [4.69, 9.17) is 0 Å². The maximum atomic E-state index is 12.2. The number of hydrogen-bond acceptors (Lipinski definition) is 2. The van der Waals surface area contributed by atoms with Crippen molar-refractivity contribution in [2.45, 2.75) is 12.7 Å². The second-order valence-electron chi connectivity index (χ2n) is 3.48. The number of hydrogen-bond donors (Lipinski definition) is 2. The summed E-state index contributed by atoms with van der Waals surface area (Å²) in [5.41, 5.74) is 0.246. The Kier molecular flexibility index (Phi) is 4.76. The monoisotopic (exact) mass is 232 g/mol. The van der Waals surface area contributed by atoms with Gasteiger partial charge in [-0.2, -0.15) is 13.2 Å². The van der Waals surface area contributed by atoms with E-state index in [0.29, 0.717) is 6.54 Å². The first-order valence-electron chi connectivity index (χ1n) is 5.05. The van der Waals surface area contributed by atoms with Crippen LogP contribution in [0.2, 0.25) is 0 Å². The fourth-order valence-corrected chi connectivity index (χ4v) is 1.26. The van der Waals surface area contributed by atoms with Crippen molar-refractivity contribution < 1.29 is 13.2 Å². The highest BCUT2D eigenvalue weighted by Gasteiger charge is 2.29. The van der Waals surface area contributed by atoms with Gasteiger partial charge in [-0.05, 0) is 24.7 Å². The number of benzene rings is 1. The minimum absolute atomic E-state index is 0.583. The quantitative estimate of drug-likeness (QED) is 0.759. The van der Waals surface area contributed by atoms with Crippen LogP contribution in [-0.2, 0) is 12.7 Å². The van der Waals surface area contributed by atoms with Crippen LogP contribution in [0, 0.1) is 0 Å². The van der Waals surface area contributed by atoms with Crippen molar-refractivity contribution in [3.8, 4) is 0 Å². The number of halogens is 3. The van der Waals surface area contributed by atoms with E-state index in [1.54, 1.807) is 0 Å². The molecular weight excluding hydrogens is 217 g/mol. The molecule has 0 spiro atoms. The predicted octanol–water partition coefficient (Wildman–Crippen LogP) is 2.01. The van der Waals surface area contributed by atoms with E-state index < -0.39 is 11.7 Å². The summed E-state index contributed by atoms with van der Waals surface area (Å²) in [5.74, 6) is 0. The van der Waals surface area contributed by atoms with Crippen LogP contribution in [0.25, 0.3) is 0 Å². The summed E-state index contributed by atoms with van der Waals surface area (Å²) in [4.78, 5) is 0. The molecule has 16 heavy (non-hydrogen) atoms. The van der Waals surface area contributed by atoms with Gasteiger partial charge in [0.2, 0.25) is 0 Å². The zero-order valence-corrected chi connectivity index (χ0v) is 9.06. The zero-order valence-electron chi connectivity index (χ0n) is 9.06. The van der Waals surface area contributed by atoms with Crippen LogP contribution in [0.5, 0.6) is 0 Å². The predicted molar refractivity (Wildman–Crippen MR) is 57.1 cm³/mol. The van der Waals surface area contributed by atoms with Gasteiger partial charge in [0.05, 0.1) is 5.56 Å².